The molecule has 0 aromatic heterocycles. The van der Waals surface area contributed by atoms with Crippen LogP contribution in [0.1, 0.15) is 44.1 Å². The number of carbonyl (C=O) groups excluding carboxylic acids is 2. The summed E-state index contributed by atoms with van der Waals surface area (Å²) < 4.78 is 44.7. The van der Waals surface area contributed by atoms with Gasteiger partial charge in [-0.05, 0) is 62.5 Å². The van der Waals surface area contributed by atoms with Crippen molar-refractivity contribution in [2.24, 2.45) is 17.3 Å². The van der Waals surface area contributed by atoms with Crippen molar-refractivity contribution in [3.05, 3.63) is 28.8 Å². The molecule has 2 atom stereocenters. The van der Waals surface area contributed by atoms with E-state index in [1.807, 2.05) is 0 Å². The zero-order chi connectivity index (χ0) is 21.0. The van der Waals surface area contributed by atoms with Crippen LogP contribution < -0.4 is 5.32 Å². The molecule has 4 fully saturated rings. The Morgan fingerprint density at radius 1 is 1.21 bits per heavy atom. The molecule has 4 saturated carbocycles. The number of esters is 1. The Bertz CT molecular complexity index is 846. The number of anilines is 1. The van der Waals surface area contributed by atoms with E-state index in [1.54, 1.807) is 0 Å². The average Bonchev–Trinajstić information content (AvgIpc) is 2.58. The van der Waals surface area contributed by atoms with Gasteiger partial charge in [0, 0.05) is 4.32 Å². The highest BCUT2D eigenvalue weighted by molar-refractivity contribution is 9.10. The summed E-state index contributed by atoms with van der Waals surface area (Å²) in [5, 5.41) is 1.91. The molecule has 4 aliphatic rings. The first-order valence-corrected chi connectivity index (χ1v) is 10.7. The van der Waals surface area contributed by atoms with Crippen molar-refractivity contribution in [2.75, 3.05) is 11.9 Å². The average molecular weight is 495 g/mol. The minimum absolute atomic E-state index is 0.0441. The van der Waals surface area contributed by atoms with Gasteiger partial charge in [-0.3, -0.25) is 9.59 Å². The van der Waals surface area contributed by atoms with Gasteiger partial charge in [0.15, 0.2) is 6.61 Å². The third-order valence-corrected chi connectivity index (χ3v) is 7.58. The second-order valence-corrected chi connectivity index (χ2v) is 10.8. The van der Waals surface area contributed by atoms with E-state index < -0.39 is 41.3 Å². The van der Waals surface area contributed by atoms with Crippen LogP contribution in [0.4, 0.5) is 18.9 Å². The molecule has 0 heterocycles. The third-order valence-electron chi connectivity index (χ3n) is 6.34. The largest absolute Gasteiger partial charge is 0.455 e. The zero-order valence-electron chi connectivity index (χ0n) is 15.5. The lowest BCUT2D eigenvalue weighted by Crippen LogP contribution is -2.56. The van der Waals surface area contributed by atoms with Crippen molar-refractivity contribution in [1.29, 1.82) is 0 Å². The first kappa shape index (κ1) is 21.0. The fourth-order valence-corrected chi connectivity index (χ4v) is 7.41. The maximum Gasteiger partial charge on any atom is 0.418 e. The van der Waals surface area contributed by atoms with Gasteiger partial charge >= 0.3 is 12.1 Å². The van der Waals surface area contributed by atoms with Crippen molar-refractivity contribution in [1.82, 2.24) is 0 Å². The summed E-state index contributed by atoms with van der Waals surface area (Å²) in [6.45, 7) is -0.645. The van der Waals surface area contributed by atoms with Gasteiger partial charge in [0.1, 0.15) is 0 Å². The van der Waals surface area contributed by atoms with Crippen molar-refractivity contribution in [3.8, 4) is 0 Å². The van der Waals surface area contributed by atoms with Crippen molar-refractivity contribution >= 4 is 45.1 Å². The number of carbonyl (C=O) groups is 2. The topological polar surface area (TPSA) is 55.4 Å². The lowest BCUT2D eigenvalue weighted by molar-refractivity contribution is -0.170. The van der Waals surface area contributed by atoms with Crippen LogP contribution >= 0.6 is 27.5 Å². The maximum absolute atomic E-state index is 13.2. The molecule has 0 aliphatic heterocycles. The first-order valence-electron chi connectivity index (χ1n) is 9.51. The second kappa shape index (κ2) is 7.15. The lowest BCUT2D eigenvalue weighted by Gasteiger charge is -2.58. The number of hydrogen-bond donors (Lipinski definition) is 1. The number of rotatable bonds is 4. The molecule has 158 valence electrons. The number of halogens is 5. The van der Waals surface area contributed by atoms with Crippen molar-refractivity contribution < 1.29 is 27.5 Å². The van der Waals surface area contributed by atoms with Crippen LogP contribution in [-0.4, -0.2) is 22.8 Å². The summed E-state index contributed by atoms with van der Waals surface area (Å²) in [5.74, 6) is -0.347. The molecule has 5 rings (SSSR count). The Morgan fingerprint density at radius 3 is 2.45 bits per heavy atom. The Morgan fingerprint density at radius 2 is 1.86 bits per heavy atom. The zero-order valence-corrected chi connectivity index (χ0v) is 17.8. The van der Waals surface area contributed by atoms with E-state index in [9.17, 15) is 22.8 Å². The van der Waals surface area contributed by atoms with Crippen LogP contribution in [0.15, 0.2) is 18.2 Å². The van der Waals surface area contributed by atoms with Gasteiger partial charge in [-0.25, -0.2) is 0 Å². The van der Waals surface area contributed by atoms with Gasteiger partial charge < -0.3 is 10.1 Å². The summed E-state index contributed by atoms with van der Waals surface area (Å²) in [7, 11) is 0. The molecule has 1 amide bonds. The van der Waals surface area contributed by atoms with Crippen LogP contribution in [0.2, 0.25) is 5.02 Å². The molecular formula is C20H20BrClF3NO3. The van der Waals surface area contributed by atoms with Gasteiger partial charge in [0.2, 0.25) is 0 Å². The summed E-state index contributed by atoms with van der Waals surface area (Å²) in [4.78, 5) is 25.1. The van der Waals surface area contributed by atoms with Gasteiger partial charge in [0.05, 0.1) is 21.7 Å². The number of hydrogen-bond acceptors (Lipinski definition) is 3. The number of amides is 1. The highest BCUT2D eigenvalue weighted by atomic mass is 79.9. The Kier molecular flexibility index (Phi) is 5.17. The van der Waals surface area contributed by atoms with Crippen molar-refractivity contribution in [2.45, 2.75) is 49.0 Å². The predicted octanol–water partition coefficient (Wildman–Crippen LogP) is 5.57. The SMILES string of the molecule is O=C(COC(=O)C12CC3CC(CC(Br)(C3)C1)C2)Nc1c(Cl)cccc1C(F)(F)F. The summed E-state index contributed by atoms with van der Waals surface area (Å²) in [5.41, 5.74) is -2.18. The normalized spacial score (nSPS) is 32.9. The quantitative estimate of drug-likeness (QED) is 0.439. The van der Waals surface area contributed by atoms with E-state index in [1.165, 1.54) is 6.07 Å². The van der Waals surface area contributed by atoms with Crippen molar-refractivity contribution in [3.63, 3.8) is 0 Å². The number of benzene rings is 1. The molecule has 4 aliphatic carbocycles. The number of ether oxygens (including phenoxy) is 1. The Balaban J connectivity index is 1.42. The standard InChI is InChI=1S/C20H20BrClF3NO3/c21-19-7-11-4-12(8-19)6-18(5-11,10-19)17(28)29-9-15(27)26-16-13(20(23,24)25)2-1-3-14(16)22/h1-3,11-12H,4-10H2,(H,26,27). The smallest absolute Gasteiger partial charge is 0.418 e. The van der Waals surface area contributed by atoms with E-state index in [0.717, 1.165) is 44.2 Å². The molecule has 4 nitrogen and oxygen atoms in total. The highest BCUT2D eigenvalue weighted by Gasteiger charge is 2.60. The molecule has 4 bridgehead atoms. The Hall–Kier alpha value is -1.28. The fraction of sp³-hybridized carbons (Fsp3) is 0.600. The summed E-state index contributed by atoms with van der Waals surface area (Å²) in [6.07, 6.45) is 0.719. The molecule has 9 heteroatoms. The van der Waals surface area contributed by atoms with Gasteiger partial charge in [-0.1, -0.05) is 33.6 Å². The van der Waals surface area contributed by atoms with Gasteiger partial charge in [-0.2, -0.15) is 13.2 Å². The van der Waals surface area contributed by atoms with E-state index in [-0.39, 0.29) is 9.35 Å². The van der Waals surface area contributed by atoms with Crippen LogP contribution in [-0.2, 0) is 20.5 Å². The monoisotopic (exact) mass is 493 g/mol. The Labute approximate surface area is 179 Å². The molecule has 0 saturated heterocycles. The summed E-state index contributed by atoms with van der Waals surface area (Å²) >= 11 is 9.65. The number of para-hydroxylation sites is 1. The molecule has 2 unspecified atom stereocenters. The highest BCUT2D eigenvalue weighted by Crippen LogP contribution is 2.64. The van der Waals surface area contributed by atoms with Gasteiger partial charge in [0.25, 0.3) is 5.91 Å². The lowest BCUT2D eigenvalue weighted by atomic mass is 9.49. The molecule has 29 heavy (non-hydrogen) atoms. The maximum atomic E-state index is 13.2. The fourth-order valence-electron chi connectivity index (χ4n) is 5.74. The van der Waals surface area contributed by atoms with E-state index >= 15 is 0 Å². The number of alkyl halides is 4. The summed E-state index contributed by atoms with van der Waals surface area (Å²) in [6, 6.07) is 3.24. The van der Waals surface area contributed by atoms with E-state index in [0.29, 0.717) is 18.3 Å². The molecular weight excluding hydrogens is 475 g/mol. The molecule has 1 aromatic rings. The predicted molar refractivity (Wildman–Crippen MR) is 105 cm³/mol. The second-order valence-electron chi connectivity index (χ2n) is 8.68. The molecule has 0 radical (unpaired) electrons. The van der Waals surface area contributed by atoms with Crippen LogP contribution in [0.5, 0.6) is 0 Å². The third kappa shape index (κ3) is 4.02. The molecule has 1 N–H and O–H groups in total. The minimum Gasteiger partial charge on any atom is -0.455 e. The molecule has 1 aromatic carbocycles. The number of nitrogens with one attached hydrogen (secondary N) is 1. The van der Waals surface area contributed by atoms with Crippen LogP contribution in [0, 0.1) is 17.3 Å². The van der Waals surface area contributed by atoms with Crippen LogP contribution in [0.25, 0.3) is 0 Å². The first-order chi connectivity index (χ1) is 13.5. The molecule has 0 spiro atoms. The van der Waals surface area contributed by atoms with E-state index in [4.69, 9.17) is 16.3 Å². The van der Waals surface area contributed by atoms with Crippen LogP contribution in [0.3, 0.4) is 0 Å². The minimum atomic E-state index is -4.67. The van der Waals surface area contributed by atoms with Gasteiger partial charge in [-0.15, -0.1) is 0 Å². The van der Waals surface area contributed by atoms with E-state index in [2.05, 4.69) is 21.2 Å².